The van der Waals surface area contributed by atoms with Crippen LogP contribution in [0.15, 0.2) is 0 Å². The maximum absolute atomic E-state index is 5.73. The molecular weight excluding hydrogens is 214 g/mol. The van der Waals surface area contributed by atoms with Crippen molar-refractivity contribution in [3.8, 4) is 5.88 Å². The molecule has 0 bridgehead atoms. The second-order valence-electron chi connectivity index (χ2n) is 4.71. The molecule has 17 heavy (non-hydrogen) atoms. The predicted molar refractivity (Wildman–Crippen MR) is 70.8 cm³/mol. The monoisotopic (exact) mass is 237 g/mol. The van der Waals surface area contributed by atoms with Crippen molar-refractivity contribution in [2.75, 3.05) is 11.9 Å². The first-order chi connectivity index (χ1) is 7.95. The van der Waals surface area contributed by atoms with Crippen LogP contribution >= 0.6 is 0 Å². The van der Waals surface area contributed by atoms with Crippen LogP contribution in [0, 0.1) is 6.92 Å². The van der Waals surface area contributed by atoms with Gasteiger partial charge in [0.1, 0.15) is 11.6 Å². The summed E-state index contributed by atoms with van der Waals surface area (Å²) in [6.07, 6.45) is 0.123. The molecule has 0 atom stereocenters. The standard InChI is InChI=1S/C13H23N3O/c1-7-14-12-10(6)13(17-9(4)5)16-11(15-12)8(2)3/h8-9H,7H2,1-6H3,(H,14,15,16). The number of ether oxygens (including phenoxy) is 1. The molecule has 0 radical (unpaired) electrons. The van der Waals surface area contributed by atoms with Gasteiger partial charge in [0.05, 0.1) is 11.7 Å². The van der Waals surface area contributed by atoms with Crippen molar-refractivity contribution in [2.24, 2.45) is 0 Å². The van der Waals surface area contributed by atoms with Gasteiger partial charge in [-0.3, -0.25) is 0 Å². The van der Waals surface area contributed by atoms with Crippen LogP contribution in [0.5, 0.6) is 5.88 Å². The van der Waals surface area contributed by atoms with Crippen molar-refractivity contribution >= 4 is 5.82 Å². The third kappa shape index (κ3) is 3.58. The summed E-state index contributed by atoms with van der Waals surface area (Å²) in [4.78, 5) is 9.01. The van der Waals surface area contributed by atoms with Gasteiger partial charge in [-0.05, 0) is 27.7 Å². The molecule has 0 fully saturated rings. The summed E-state index contributed by atoms with van der Waals surface area (Å²) >= 11 is 0. The Hall–Kier alpha value is -1.32. The van der Waals surface area contributed by atoms with Gasteiger partial charge in [0.15, 0.2) is 0 Å². The maximum Gasteiger partial charge on any atom is 0.222 e. The van der Waals surface area contributed by atoms with Crippen molar-refractivity contribution in [1.29, 1.82) is 0 Å². The van der Waals surface area contributed by atoms with Crippen LogP contribution in [0.4, 0.5) is 5.82 Å². The van der Waals surface area contributed by atoms with Crippen LogP contribution in [0.2, 0.25) is 0 Å². The maximum atomic E-state index is 5.73. The van der Waals surface area contributed by atoms with E-state index in [1.807, 2.05) is 20.8 Å². The molecule has 1 heterocycles. The van der Waals surface area contributed by atoms with Crippen LogP contribution in [0.1, 0.15) is 51.9 Å². The van der Waals surface area contributed by atoms with Crippen LogP contribution in [-0.2, 0) is 0 Å². The Kier molecular flexibility index (Phi) is 4.73. The summed E-state index contributed by atoms with van der Waals surface area (Å²) in [5.41, 5.74) is 0.977. The van der Waals surface area contributed by atoms with Gasteiger partial charge in [0, 0.05) is 12.5 Å². The molecule has 0 spiro atoms. The minimum Gasteiger partial charge on any atom is -0.475 e. The summed E-state index contributed by atoms with van der Waals surface area (Å²) in [5.74, 6) is 2.68. The van der Waals surface area contributed by atoms with E-state index >= 15 is 0 Å². The van der Waals surface area contributed by atoms with E-state index in [4.69, 9.17) is 4.74 Å². The number of nitrogens with one attached hydrogen (secondary N) is 1. The molecular formula is C13H23N3O. The number of hydrogen-bond donors (Lipinski definition) is 1. The van der Waals surface area contributed by atoms with E-state index in [1.54, 1.807) is 0 Å². The van der Waals surface area contributed by atoms with E-state index in [-0.39, 0.29) is 6.10 Å². The topological polar surface area (TPSA) is 47.0 Å². The van der Waals surface area contributed by atoms with Gasteiger partial charge in [-0.25, -0.2) is 4.98 Å². The Labute approximate surface area is 104 Å². The average Bonchev–Trinajstić information content (AvgIpc) is 2.23. The van der Waals surface area contributed by atoms with Gasteiger partial charge in [0.2, 0.25) is 5.88 Å². The highest BCUT2D eigenvalue weighted by atomic mass is 16.5. The Morgan fingerprint density at radius 2 is 1.82 bits per heavy atom. The van der Waals surface area contributed by atoms with E-state index in [2.05, 4.69) is 36.1 Å². The van der Waals surface area contributed by atoms with Gasteiger partial charge in [-0.15, -0.1) is 0 Å². The van der Waals surface area contributed by atoms with E-state index < -0.39 is 0 Å². The fourth-order valence-corrected chi connectivity index (χ4v) is 1.45. The minimum atomic E-state index is 0.123. The molecule has 0 aromatic carbocycles. The summed E-state index contributed by atoms with van der Waals surface area (Å²) in [6, 6.07) is 0. The lowest BCUT2D eigenvalue weighted by atomic mass is 10.2. The summed E-state index contributed by atoms with van der Waals surface area (Å²) in [6.45, 7) is 13.1. The predicted octanol–water partition coefficient (Wildman–Crippen LogP) is 3.13. The molecule has 4 nitrogen and oxygen atoms in total. The third-order valence-electron chi connectivity index (χ3n) is 2.33. The first-order valence-electron chi connectivity index (χ1n) is 6.24. The lowest BCUT2D eigenvalue weighted by Gasteiger charge is -2.16. The Balaban J connectivity index is 3.17. The highest BCUT2D eigenvalue weighted by Gasteiger charge is 2.14. The molecule has 1 aromatic heterocycles. The fraction of sp³-hybridized carbons (Fsp3) is 0.692. The van der Waals surface area contributed by atoms with E-state index in [0.29, 0.717) is 11.8 Å². The molecule has 1 N–H and O–H groups in total. The molecule has 0 amide bonds. The van der Waals surface area contributed by atoms with E-state index in [9.17, 15) is 0 Å². The van der Waals surface area contributed by atoms with Crippen molar-refractivity contribution in [1.82, 2.24) is 9.97 Å². The highest BCUT2D eigenvalue weighted by Crippen LogP contribution is 2.25. The Morgan fingerprint density at radius 3 is 2.29 bits per heavy atom. The molecule has 1 rings (SSSR count). The number of nitrogens with zero attached hydrogens (tertiary/aromatic N) is 2. The fourth-order valence-electron chi connectivity index (χ4n) is 1.45. The van der Waals surface area contributed by atoms with E-state index in [0.717, 1.165) is 23.8 Å². The van der Waals surface area contributed by atoms with Gasteiger partial charge in [0.25, 0.3) is 0 Å². The molecule has 0 saturated carbocycles. The van der Waals surface area contributed by atoms with Crippen molar-refractivity contribution in [3.05, 3.63) is 11.4 Å². The highest BCUT2D eigenvalue weighted by molar-refractivity contribution is 5.48. The van der Waals surface area contributed by atoms with Crippen LogP contribution in [0.3, 0.4) is 0 Å². The summed E-state index contributed by atoms with van der Waals surface area (Å²) < 4.78 is 5.73. The number of rotatable bonds is 5. The van der Waals surface area contributed by atoms with Gasteiger partial charge in [-0.1, -0.05) is 13.8 Å². The van der Waals surface area contributed by atoms with Crippen molar-refractivity contribution < 1.29 is 4.74 Å². The lowest BCUT2D eigenvalue weighted by molar-refractivity contribution is 0.229. The molecule has 0 aliphatic carbocycles. The van der Waals surface area contributed by atoms with Crippen LogP contribution < -0.4 is 10.1 Å². The SMILES string of the molecule is CCNc1nc(C(C)C)nc(OC(C)C)c1C. The second kappa shape index (κ2) is 5.84. The number of anilines is 1. The molecule has 0 aliphatic heterocycles. The zero-order valence-electron chi connectivity index (χ0n) is 11.7. The quantitative estimate of drug-likeness (QED) is 0.854. The summed E-state index contributed by atoms with van der Waals surface area (Å²) in [7, 11) is 0. The van der Waals surface area contributed by atoms with Crippen molar-refractivity contribution in [2.45, 2.75) is 53.6 Å². The molecule has 1 aromatic rings. The zero-order valence-corrected chi connectivity index (χ0v) is 11.7. The average molecular weight is 237 g/mol. The first-order valence-corrected chi connectivity index (χ1v) is 6.24. The normalized spacial score (nSPS) is 11.1. The molecule has 4 heteroatoms. The molecule has 0 unspecified atom stereocenters. The smallest absolute Gasteiger partial charge is 0.222 e. The largest absolute Gasteiger partial charge is 0.475 e. The summed E-state index contributed by atoms with van der Waals surface area (Å²) in [5, 5.41) is 3.25. The molecule has 96 valence electrons. The van der Waals surface area contributed by atoms with Crippen LogP contribution in [-0.4, -0.2) is 22.6 Å². The van der Waals surface area contributed by atoms with Gasteiger partial charge < -0.3 is 10.1 Å². The number of aromatic nitrogens is 2. The van der Waals surface area contributed by atoms with Crippen LogP contribution in [0.25, 0.3) is 0 Å². The van der Waals surface area contributed by atoms with Crippen molar-refractivity contribution in [3.63, 3.8) is 0 Å². The third-order valence-corrected chi connectivity index (χ3v) is 2.33. The van der Waals surface area contributed by atoms with Gasteiger partial charge in [-0.2, -0.15) is 4.98 Å². The van der Waals surface area contributed by atoms with Gasteiger partial charge >= 0.3 is 0 Å². The van der Waals surface area contributed by atoms with E-state index in [1.165, 1.54) is 0 Å². The minimum absolute atomic E-state index is 0.123. The molecule has 0 aliphatic rings. The zero-order chi connectivity index (χ0) is 13.0. The second-order valence-corrected chi connectivity index (χ2v) is 4.71. The molecule has 0 saturated heterocycles. The first kappa shape index (κ1) is 13.7. The Morgan fingerprint density at radius 1 is 1.18 bits per heavy atom. The number of hydrogen-bond acceptors (Lipinski definition) is 4. The Bertz CT molecular complexity index is 375. The lowest BCUT2D eigenvalue weighted by Crippen LogP contribution is -2.13.